The fourth-order valence-corrected chi connectivity index (χ4v) is 2.80. The molecular weight excluding hydrogens is 414 g/mol. The number of hydrogen-bond acceptors (Lipinski definition) is 7. The molecule has 0 saturated heterocycles. The number of alkyl carbamates (subject to hydrolysis) is 1. The van der Waals surface area contributed by atoms with Gasteiger partial charge in [0.1, 0.15) is 34.5 Å². The van der Waals surface area contributed by atoms with Gasteiger partial charge in [-0.2, -0.15) is 0 Å². The summed E-state index contributed by atoms with van der Waals surface area (Å²) in [4.78, 5) is 37.0. The van der Waals surface area contributed by atoms with E-state index in [9.17, 15) is 14.4 Å². The second-order valence-electron chi connectivity index (χ2n) is 8.18. The van der Waals surface area contributed by atoms with Crippen molar-refractivity contribution in [3.8, 4) is 17.2 Å². The van der Waals surface area contributed by atoms with Crippen LogP contribution in [0.15, 0.2) is 57.7 Å². The third kappa shape index (κ3) is 5.66. The van der Waals surface area contributed by atoms with Gasteiger partial charge in [0.05, 0.1) is 5.39 Å². The zero-order chi connectivity index (χ0) is 23.5. The Bertz CT molecular complexity index is 1190. The third-order valence-electron chi connectivity index (χ3n) is 4.26. The average Bonchev–Trinajstić information content (AvgIpc) is 2.70. The highest BCUT2D eigenvalue weighted by atomic mass is 16.6. The first-order valence-corrected chi connectivity index (χ1v) is 10.0. The Kier molecular flexibility index (Phi) is 6.53. The molecule has 8 nitrogen and oxygen atoms in total. The fourth-order valence-electron chi connectivity index (χ4n) is 2.80. The molecule has 0 unspecified atom stereocenters. The maximum atomic E-state index is 12.9. The summed E-state index contributed by atoms with van der Waals surface area (Å²) >= 11 is 0. The highest BCUT2D eigenvalue weighted by Crippen LogP contribution is 2.27. The molecule has 0 spiro atoms. The summed E-state index contributed by atoms with van der Waals surface area (Å²) in [6.07, 6.45) is -0.729. The number of aryl methyl sites for hydroxylation is 1. The predicted octanol–water partition coefficient (Wildman–Crippen LogP) is 4.71. The van der Waals surface area contributed by atoms with Gasteiger partial charge in [-0.3, -0.25) is 4.79 Å². The first kappa shape index (κ1) is 22.9. The number of rotatable bonds is 5. The number of ether oxygens (including phenoxy) is 3. The van der Waals surface area contributed by atoms with Crippen molar-refractivity contribution in [1.29, 1.82) is 0 Å². The smallest absolute Gasteiger partial charge is 0.408 e. The lowest BCUT2D eigenvalue weighted by atomic mass is 10.2. The first-order chi connectivity index (χ1) is 15.0. The van der Waals surface area contributed by atoms with Crippen LogP contribution in [0, 0.1) is 6.92 Å². The van der Waals surface area contributed by atoms with Crippen molar-refractivity contribution in [1.82, 2.24) is 5.32 Å². The van der Waals surface area contributed by atoms with Crippen LogP contribution >= 0.6 is 0 Å². The molecule has 0 aliphatic carbocycles. The number of carbonyl (C=O) groups excluding carboxylic acids is 2. The summed E-state index contributed by atoms with van der Waals surface area (Å²) in [5, 5.41) is 2.70. The van der Waals surface area contributed by atoms with Crippen LogP contribution in [0.2, 0.25) is 0 Å². The Labute approximate surface area is 185 Å². The number of amides is 1. The minimum Gasteiger partial charge on any atom is -0.457 e. The molecule has 2 aromatic carbocycles. The Morgan fingerprint density at radius 2 is 1.72 bits per heavy atom. The largest absolute Gasteiger partial charge is 0.457 e. The molecule has 1 atom stereocenters. The molecule has 168 valence electrons. The highest BCUT2D eigenvalue weighted by molar-refractivity contribution is 5.84. The van der Waals surface area contributed by atoms with E-state index in [1.807, 2.05) is 6.07 Å². The van der Waals surface area contributed by atoms with E-state index in [1.165, 1.54) is 25.1 Å². The van der Waals surface area contributed by atoms with Crippen LogP contribution in [0.3, 0.4) is 0 Å². The van der Waals surface area contributed by atoms with Gasteiger partial charge in [-0.15, -0.1) is 0 Å². The van der Waals surface area contributed by atoms with Crippen LogP contribution in [0.25, 0.3) is 11.0 Å². The Morgan fingerprint density at radius 3 is 2.38 bits per heavy atom. The highest BCUT2D eigenvalue weighted by Gasteiger charge is 2.23. The number of esters is 1. The Morgan fingerprint density at radius 1 is 1.03 bits per heavy atom. The maximum absolute atomic E-state index is 12.9. The van der Waals surface area contributed by atoms with Gasteiger partial charge in [0.25, 0.3) is 0 Å². The van der Waals surface area contributed by atoms with Gasteiger partial charge in [-0.1, -0.05) is 18.2 Å². The van der Waals surface area contributed by atoms with Crippen molar-refractivity contribution in [2.24, 2.45) is 0 Å². The second-order valence-corrected chi connectivity index (χ2v) is 8.18. The Balaban J connectivity index is 1.77. The molecule has 0 aliphatic heterocycles. The molecule has 0 fully saturated rings. The molecule has 3 rings (SSSR count). The van der Waals surface area contributed by atoms with E-state index in [2.05, 4.69) is 5.32 Å². The normalized spacial score (nSPS) is 12.2. The van der Waals surface area contributed by atoms with Crippen molar-refractivity contribution in [3.63, 3.8) is 0 Å². The summed E-state index contributed by atoms with van der Waals surface area (Å²) in [7, 11) is 0. The van der Waals surface area contributed by atoms with Crippen molar-refractivity contribution >= 4 is 23.0 Å². The van der Waals surface area contributed by atoms with Crippen LogP contribution in [0.1, 0.15) is 33.5 Å². The molecule has 32 heavy (non-hydrogen) atoms. The quantitative estimate of drug-likeness (QED) is 0.453. The van der Waals surface area contributed by atoms with Crippen molar-refractivity contribution in [2.45, 2.75) is 46.3 Å². The number of benzene rings is 2. The summed E-state index contributed by atoms with van der Waals surface area (Å²) in [5.74, 6) is 0.357. The van der Waals surface area contributed by atoms with Crippen LogP contribution in [0.5, 0.6) is 17.2 Å². The zero-order valence-electron chi connectivity index (χ0n) is 18.6. The number of fused-ring (bicyclic) bond motifs is 1. The molecule has 0 radical (unpaired) electrons. The van der Waals surface area contributed by atoms with Gasteiger partial charge in [-0.25, -0.2) is 9.59 Å². The van der Waals surface area contributed by atoms with Crippen LogP contribution < -0.4 is 20.2 Å². The van der Waals surface area contributed by atoms with Gasteiger partial charge in [0.15, 0.2) is 0 Å². The van der Waals surface area contributed by atoms with Crippen molar-refractivity contribution in [3.05, 3.63) is 64.5 Å². The van der Waals surface area contributed by atoms with Gasteiger partial charge in [0.2, 0.25) is 11.2 Å². The number of para-hydroxylation sites is 1. The standard InChI is InChI=1S/C24H25NO7/c1-14(25-23(28)32-24(3,4)5)22(27)31-17-11-12-18-19(13-17)29-15(2)21(20(18)26)30-16-9-7-6-8-10-16/h6-14H,1-5H3,(H,25,28)/t14-/m0/s1. The third-order valence-corrected chi connectivity index (χ3v) is 4.26. The topological polar surface area (TPSA) is 104 Å². The van der Waals surface area contributed by atoms with Crippen LogP contribution in [-0.4, -0.2) is 23.7 Å². The predicted molar refractivity (Wildman–Crippen MR) is 118 cm³/mol. The molecule has 1 N–H and O–H groups in total. The lowest BCUT2D eigenvalue weighted by Gasteiger charge is -2.21. The summed E-state index contributed by atoms with van der Waals surface area (Å²) < 4.78 is 21.9. The minimum atomic E-state index is -0.948. The fraction of sp³-hybridized carbons (Fsp3) is 0.292. The average molecular weight is 439 g/mol. The van der Waals surface area contributed by atoms with E-state index in [0.717, 1.165) is 0 Å². The molecule has 3 aromatic rings. The Hall–Kier alpha value is -3.81. The van der Waals surface area contributed by atoms with E-state index < -0.39 is 23.7 Å². The maximum Gasteiger partial charge on any atom is 0.408 e. The van der Waals surface area contributed by atoms with E-state index in [4.69, 9.17) is 18.6 Å². The molecular formula is C24H25NO7. The SMILES string of the molecule is Cc1oc2cc(OC(=O)[C@H](C)NC(=O)OC(C)(C)C)ccc2c(=O)c1Oc1ccccc1. The lowest BCUT2D eigenvalue weighted by molar-refractivity contribution is -0.136. The number of nitrogens with one attached hydrogen (secondary N) is 1. The molecule has 1 aromatic heterocycles. The zero-order valence-corrected chi connectivity index (χ0v) is 18.6. The van der Waals surface area contributed by atoms with E-state index >= 15 is 0 Å². The lowest BCUT2D eigenvalue weighted by Crippen LogP contribution is -2.43. The molecule has 0 aliphatic rings. The minimum absolute atomic E-state index is 0.0867. The van der Waals surface area contributed by atoms with E-state index in [1.54, 1.807) is 52.0 Å². The monoisotopic (exact) mass is 439 g/mol. The molecule has 1 amide bonds. The molecule has 0 bridgehead atoms. The summed E-state index contributed by atoms with van der Waals surface area (Å²) in [6, 6.07) is 12.4. The van der Waals surface area contributed by atoms with Gasteiger partial charge in [-0.05, 0) is 58.9 Å². The summed E-state index contributed by atoms with van der Waals surface area (Å²) in [5.41, 5.74) is -0.790. The molecule has 0 saturated carbocycles. The van der Waals surface area contributed by atoms with Crippen LogP contribution in [0.4, 0.5) is 4.79 Å². The number of carbonyl (C=O) groups is 2. The number of hydrogen-bond donors (Lipinski definition) is 1. The first-order valence-electron chi connectivity index (χ1n) is 10.0. The van der Waals surface area contributed by atoms with Crippen molar-refractivity contribution < 1.29 is 28.2 Å². The van der Waals surface area contributed by atoms with E-state index in [0.29, 0.717) is 5.75 Å². The van der Waals surface area contributed by atoms with Gasteiger partial charge >= 0.3 is 12.1 Å². The second kappa shape index (κ2) is 9.13. The van der Waals surface area contributed by atoms with Crippen LogP contribution in [-0.2, 0) is 9.53 Å². The van der Waals surface area contributed by atoms with Gasteiger partial charge in [0, 0.05) is 6.07 Å². The van der Waals surface area contributed by atoms with Gasteiger partial charge < -0.3 is 23.9 Å². The van der Waals surface area contributed by atoms with Crippen molar-refractivity contribution in [2.75, 3.05) is 0 Å². The molecule has 1 heterocycles. The van der Waals surface area contributed by atoms with E-state index in [-0.39, 0.29) is 33.7 Å². The summed E-state index contributed by atoms with van der Waals surface area (Å²) in [6.45, 7) is 8.25. The molecule has 8 heteroatoms.